The van der Waals surface area contributed by atoms with Gasteiger partial charge in [-0.2, -0.15) is 9.97 Å². The van der Waals surface area contributed by atoms with Crippen molar-refractivity contribution in [3.8, 4) is 0 Å². The molecule has 188 valence electrons. The van der Waals surface area contributed by atoms with Crippen LogP contribution >= 0.6 is 0 Å². The summed E-state index contributed by atoms with van der Waals surface area (Å²) < 4.78 is 12.2. The number of imidazole rings is 1. The first kappa shape index (κ1) is 23.8. The number of fused-ring (bicyclic) bond motifs is 1. The lowest BCUT2D eigenvalue weighted by Crippen LogP contribution is -2.14. The third-order valence-electron chi connectivity index (χ3n) is 6.59. The first-order chi connectivity index (χ1) is 17.7. The number of aromatic nitrogens is 4. The molecule has 3 aromatic heterocycles. The van der Waals surface area contributed by atoms with Crippen LogP contribution in [0.25, 0.3) is 11.2 Å². The fourth-order valence-corrected chi connectivity index (χ4v) is 4.72. The first-order valence-electron chi connectivity index (χ1n) is 12.7. The fraction of sp³-hybridized carbons (Fsp3) is 0.407. The Kier molecular flexibility index (Phi) is 7.44. The molecule has 2 N–H and O–H groups in total. The average Bonchev–Trinajstić information content (AvgIpc) is 3.57. The molecule has 1 aliphatic carbocycles. The lowest BCUT2D eigenvalue weighted by atomic mass is 9.84. The molecular formula is C27H32N6O3. The van der Waals surface area contributed by atoms with Crippen molar-refractivity contribution >= 4 is 28.9 Å². The second kappa shape index (κ2) is 11.2. The highest BCUT2D eigenvalue weighted by Gasteiger charge is 2.17. The van der Waals surface area contributed by atoms with Crippen LogP contribution in [0.1, 0.15) is 61.8 Å². The smallest absolute Gasteiger partial charge is 0.326 e. The number of esters is 1. The summed E-state index contributed by atoms with van der Waals surface area (Å²) in [6, 6.07) is 12.6. The molecule has 5 rings (SSSR count). The van der Waals surface area contributed by atoms with Gasteiger partial charge in [0.05, 0.1) is 25.7 Å². The van der Waals surface area contributed by atoms with Gasteiger partial charge < -0.3 is 24.4 Å². The van der Waals surface area contributed by atoms with E-state index in [2.05, 4.69) is 49.9 Å². The number of hydrogen-bond acceptors (Lipinski definition) is 8. The second-order valence-electron chi connectivity index (χ2n) is 9.11. The highest BCUT2D eigenvalue weighted by atomic mass is 16.5. The van der Waals surface area contributed by atoms with E-state index in [9.17, 15) is 4.79 Å². The Morgan fingerprint density at radius 1 is 1.08 bits per heavy atom. The van der Waals surface area contributed by atoms with Crippen molar-refractivity contribution in [3.05, 3.63) is 65.9 Å². The molecule has 0 atom stereocenters. The number of anilines is 2. The predicted octanol–water partition coefficient (Wildman–Crippen LogP) is 5.25. The molecule has 4 aromatic rings. The Morgan fingerprint density at radius 2 is 1.92 bits per heavy atom. The third-order valence-corrected chi connectivity index (χ3v) is 6.59. The number of carbonyl (C=O) groups is 1. The standard InChI is InChI=1S/C27H32N6O3/c1-2-35-23(34)17-33-18-30-24-25(28-16-22-9-6-14-36-22)31-27(32-26(24)33)29-15-19-10-12-21(13-11-19)20-7-4-3-5-8-20/h6,9-14,18,20H,2-5,7-8,15-17H2,1H3,(H2,28,29,31,32). The zero-order valence-electron chi connectivity index (χ0n) is 20.6. The Labute approximate surface area is 210 Å². The van der Waals surface area contributed by atoms with Crippen LogP contribution in [-0.2, 0) is 29.2 Å². The van der Waals surface area contributed by atoms with Crippen molar-refractivity contribution in [3.63, 3.8) is 0 Å². The van der Waals surface area contributed by atoms with Gasteiger partial charge in [-0.05, 0) is 48.9 Å². The minimum absolute atomic E-state index is 0.0288. The Hall–Kier alpha value is -3.88. The molecule has 0 bridgehead atoms. The summed E-state index contributed by atoms with van der Waals surface area (Å²) >= 11 is 0. The molecule has 0 radical (unpaired) electrons. The lowest BCUT2D eigenvalue weighted by molar-refractivity contribution is -0.143. The first-order valence-corrected chi connectivity index (χ1v) is 12.7. The molecule has 0 spiro atoms. The van der Waals surface area contributed by atoms with Crippen molar-refractivity contribution < 1.29 is 13.9 Å². The summed E-state index contributed by atoms with van der Waals surface area (Å²) in [6.07, 6.45) is 9.82. The molecule has 1 aliphatic rings. The number of rotatable bonds is 10. The van der Waals surface area contributed by atoms with Gasteiger partial charge in [0.25, 0.3) is 0 Å². The van der Waals surface area contributed by atoms with Gasteiger partial charge in [0, 0.05) is 6.54 Å². The number of carbonyl (C=O) groups excluding carboxylic acids is 1. The maximum absolute atomic E-state index is 12.1. The minimum atomic E-state index is -0.340. The van der Waals surface area contributed by atoms with Crippen LogP contribution in [-0.4, -0.2) is 32.1 Å². The molecule has 1 aromatic carbocycles. The zero-order chi connectivity index (χ0) is 24.7. The van der Waals surface area contributed by atoms with Gasteiger partial charge >= 0.3 is 5.97 Å². The summed E-state index contributed by atoms with van der Waals surface area (Å²) in [5.74, 6) is 2.14. The summed E-state index contributed by atoms with van der Waals surface area (Å²) in [4.78, 5) is 25.9. The number of hydrogen-bond donors (Lipinski definition) is 2. The van der Waals surface area contributed by atoms with Crippen molar-refractivity contribution in [2.24, 2.45) is 0 Å². The normalized spacial score (nSPS) is 14.1. The number of benzene rings is 1. The maximum atomic E-state index is 12.1. The molecule has 1 saturated carbocycles. The molecular weight excluding hydrogens is 456 g/mol. The Bertz CT molecular complexity index is 1280. The van der Waals surface area contributed by atoms with Gasteiger partial charge in [0.2, 0.25) is 5.95 Å². The van der Waals surface area contributed by atoms with Crippen molar-refractivity contribution in [2.75, 3.05) is 17.2 Å². The van der Waals surface area contributed by atoms with Gasteiger partial charge in [-0.15, -0.1) is 0 Å². The van der Waals surface area contributed by atoms with Crippen LogP contribution in [0.3, 0.4) is 0 Å². The van der Waals surface area contributed by atoms with Crippen LogP contribution < -0.4 is 10.6 Å². The monoisotopic (exact) mass is 488 g/mol. The Balaban J connectivity index is 1.34. The molecule has 0 unspecified atom stereocenters. The second-order valence-corrected chi connectivity index (χ2v) is 9.11. The molecule has 0 aliphatic heterocycles. The molecule has 9 heteroatoms. The van der Waals surface area contributed by atoms with Crippen LogP contribution in [0.15, 0.2) is 53.4 Å². The van der Waals surface area contributed by atoms with Crippen LogP contribution in [0, 0.1) is 0 Å². The highest BCUT2D eigenvalue weighted by molar-refractivity contribution is 5.85. The molecule has 0 amide bonds. The number of ether oxygens (including phenoxy) is 1. The van der Waals surface area contributed by atoms with E-state index in [1.165, 1.54) is 37.7 Å². The molecule has 0 saturated heterocycles. The Morgan fingerprint density at radius 3 is 2.67 bits per heavy atom. The van der Waals surface area contributed by atoms with E-state index < -0.39 is 0 Å². The molecule has 3 heterocycles. The maximum Gasteiger partial charge on any atom is 0.326 e. The topological polar surface area (TPSA) is 107 Å². The number of nitrogens with zero attached hydrogens (tertiary/aromatic N) is 4. The SMILES string of the molecule is CCOC(=O)Cn1cnc2c(NCc3ccco3)nc(NCc3ccc(C4CCCCC4)cc3)nc21. The van der Waals surface area contributed by atoms with E-state index in [0.29, 0.717) is 48.5 Å². The van der Waals surface area contributed by atoms with Crippen LogP contribution in [0.5, 0.6) is 0 Å². The van der Waals surface area contributed by atoms with E-state index >= 15 is 0 Å². The number of furan rings is 1. The van der Waals surface area contributed by atoms with Crippen LogP contribution in [0.4, 0.5) is 11.8 Å². The van der Waals surface area contributed by atoms with Gasteiger partial charge in [0.15, 0.2) is 17.0 Å². The van der Waals surface area contributed by atoms with E-state index in [4.69, 9.17) is 9.15 Å². The minimum Gasteiger partial charge on any atom is -0.467 e. The summed E-state index contributed by atoms with van der Waals surface area (Å²) in [7, 11) is 0. The van der Waals surface area contributed by atoms with E-state index in [0.717, 1.165) is 11.3 Å². The highest BCUT2D eigenvalue weighted by Crippen LogP contribution is 2.32. The summed E-state index contributed by atoms with van der Waals surface area (Å²) in [5, 5.41) is 6.63. The van der Waals surface area contributed by atoms with Gasteiger partial charge in [-0.1, -0.05) is 43.5 Å². The zero-order valence-corrected chi connectivity index (χ0v) is 20.6. The van der Waals surface area contributed by atoms with E-state index in [1.807, 2.05) is 12.1 Å². The van der Waals surface area contributed by atoms with Gasteiger partial charge in [-0.3, -0.25) is 4.79 Å². The van der Waals surface area contributed by atoms with Gasteiger partial charge in [-0.25, -0.2) is 4.98 Å². The van der Waals surface area contributed by atoms with Crippen molar-refractivity contribution in [1.29, 1.82) is 0 Å². The quantitative estimate of drug-likeness (QED) is 0.291. The summed E-state index contributed by atoms with van der Waals surface area (Å²) in [6.45, 7) is 3.17. The third kappa shape index (κ3) is 5.67. The van der Waals surface area contributed by atoms with Crippen molar-refractivity contribution in [1.82, 2.24) is 19.5 Å². The van der Waals surface area contributed by atoms with E-state index in [1.54, 1.807) is 24.1 Å². The largest absolute Gasteiger partial charge is 0.467 e. The molecule has 36 heavy (non-hydrogen) atoms. The lowest BCUT2D eigenvalue weighted by Gasteiger charge is -2.22. The fourth-order valence-electron chi connectivity index (χ4n) is 4.72. The van der Waals surface area contributed by atoms with Crippen LogP contribution in [0.2, 0.25) is 0 Å². The molecule has 1 fully saturated rings. The molecule has 9 nitrogen and oxygen atoms in total. The predicted molar refractivity (Wildman–Crippen MR) is 138 cm³/mol. The average molecular weight is 489 g/mol. The summed E-state index contributed by atoms with van der Waals surface area (Å²) in [5.41, 5.74) is 3.72. The van der Waals surface area contributed by atoms with Crippen molar-refractivity contribution in [2.45, 2.75) is 64.6 Å². The number of nitrogens with one attached hydrogen (secondary N) is 2. The van der Waals surface area contributed by atoms with E-state index in [-0.39, 0.29) is 12.5 Å². The van der Waals surface area contributed by atoms with Gasteiger partial charge in [0.1, 0.15) is 12.3 Å².